The second-order valence-electron chi connectivity index (χ2n) is 6.14. The van der Waals surface area contributed by atoms with E-state index in [9.17, 15) is 4.39 Å². The summed E-state index contributed by atoms with van der Waals surface area (Å²) in [4.78, 5) is 0. The number of benzene rings is 2. The summed E-state index contributed by atoms with van der Waals surface area (Å²) in [7, 11) is 0. The van der Waals surface area contributed by atoms with Crippen LogP contribution in [-0.4, -0.2) is 6.04 Å². The Bertz CT molecular complexity index is 573. The maximum Gasteiger partial charge on any atom is 0.123 e. The molecule has 21 heavy (non-hydrogen) atoms. The minimum Gasteiger partial charge on any atom is -0.271 e. The molecule has 0 saturated heterocycles. The Balaban J connectivity index is 2.22. The fraction of sp³-hybridized carbons (Fsp3) is 0.333. The van der Waals surface area contributed by atoms with Crippen LogP contribution in [0.3, 0.4) is 0 Å². The standard InChI is InChI=1S/C18H23FN2/c1-13-4-6-14(7-5-13)12-17(21-20)18(2,3)15-8-10-16(19)11-9-15/h4-11,17,21H,12,20H2,1-3H3. The lowest BCUT2D eigenvalue weighted by Crippen LogP contribution is -2.49. The Morgan fingerprint density at radius 3 is 2.14 bits per heavy atom. The topological polar surface area (TPSA) is 38.0 Å². The van der Waals surface area contributed by atoms with E-state index in [0.29, 0.717) is 0 Å². The Morgan fingerprint density at radius 1 is 1.05 bits per heavy atom. The summed E-state index contributed by atoms with van der Waals surface area (Å²) in [6.07, 6.45) is 0.821. The van der Waals surface area contributed by atoms with E-state index in [1.165, 1.54) is 23.3 Å². The molecule has 0 bridgehead atoms. The molecule has 0 aromatic heterocycles. The van der Waals surface area contributed by atoms with Crippen molar-refractivity contribution in [3.63, 3.8) is 0 Å². The first-order chi connectivity index (χ1) is 9.93. The van der Waals surface area contributed by atoms with Crippen molar-refractivity contribution in [3.8, 4) is 0 Å². The molecular formula is C18H23FN2. The lowest BCUT2D eigenvalue weighted by molar-refractivity contribution is 0.341. The van der Waals surface area contributed by atoms with E-state index in [1.54, 1.807) is 0 Å². The Hall–Kier alpha value is -1.71. The van der Waals surface area contributed by atoms with E-state index >= 15 is 0 Å². The van der Waals surface area contributed by atoms with Gasteiger partial charge in [-0.1, -0.05) is 55.8 Å². The van der Waals surface area contributed by atoms with Crippen LogP contribution in [0.15, 0.2) is 48.5 Å². The fourth-order valence-corrected chi connectivity index (χ4v) is 2.56. The molecule has 0 radical (unpaired) electrons. The Labute approximate surface area is 126 Å². The molecule has 3 heteroatoms. The number of halogens is 1. The maximum atomic E-state index is 13.1. The molecule has 2 nitrogen and oxygen atoms in total. The number of aryl methyl sites for hydroxylation is 1. The van der Waals surface area contributed by atoms with Gasteiger partial charge in [0.1, 0.15) is 5.82 Å². The fourth-order valence-electron chi connectivity index (χ4n) is 2.56. The van der Waals surface area contributed by atoms with Crippen LogP contribution < -0.4 is 11.3 Å². The molecule has 0 aliphatic rings. The summed E-state index contributed by atoms with van der Waals surface area (Å²) >= 11 is 0. The number of nitrogens with one attached hydrogen (secondary N) is 1. The molecule has 1 unspecified atom stereocenters. The molecule has 2 rings (SSSR count). The molecule has 1 atom stereocenters. The van der Waals surface area contributed by atoms with Gasteiger partial charge in [0.25, 0.3) is 0 Å². The maximum absolute atomic E-state index is 13.1. The zero-order valence-corrected chi connectivity index (χ0v) is 12.9. The van der Waals surface area contributed by atoms with Crippen molar-refractivity contribution in [1.82, 2.24) is 5.43 Å². The molecular weight excluding hydrogens is 263 g/mol. The number of hydrogen-bond donors (Lipinski definition) is 2. The molecule has 0 aliphatic carbocycles. The van der Waals surface area contributed by atoms with Crippen molar-refractivity contribution in [3.05, 3.63) is 71.0 Å². The average molecular weight is 286 g/mol. The molecule has 0 saturated carbocycles. The number of nitrogens with two attached hydrogens (primary N) is 1. The molecule has 112 valence electrons. The van der Waals surface area contributed by atoms with Gasteiger partial charge in [0, 0.05) is 11.5 Å². The predicted octanol–water partition coefficient (Wildman–Crippen LogP) is 3.49. The number of rotatable bonds is 5. The first kappa shape index (κ1) is 15.7. The van der Waals surface area contributed by atoms with Crippen molar-refractivity contribution >= 4 is 0 Å². The zero-order valence-electron chi connectivity index (χ0n) is 12.9. The second-order valence-corrected chi connectivity index (χ2v) is 6.14. The summed E-state index contributed by atoms with van der Waals surface area (Å²) in [5.41, 5.74) is 6.27. The normalized spacial score (nSPS) is 13.2. The van der Waals surface area contributed by atoms with Crippen molar-refractivity contribution in [2.75, 3.05) is 0 Å². The van der Waals surface area contributed by atoms with Crippen LogP contribution in [0.4, 0.5) is 4.39 Å². The van der Waals surface area contributed by atoms with Crippen LogP contribution in [0.25, 0.3) is 0 Å². The highest BCUT2D eigenvalue weighted by molar-refractivity contribution is 5.29. The molecule has 2 aromatic rings. The number of hydrogen-bond acceptors (Lipinski definition) is 2. The van der Waals surface area contributed by atoms with Gasteiger partial charge in [-0.15, -0.1) is 0 Å². The molecule has 0 spiro atoms. The van der Waals surface area contributed by atoms with Gasteiger partial charge in [-0.25, -0.2) is 4.39 Å². The zero-order chi connectivity index (χ0) is 15.5. The predicted molar refractivity (Wildman–Crippen MR) is 85.4 cm³/mol. The first-order valence-electron chi connectivity index (χ1n) is 7.21. The molecule has 0 aliphatic heterocycles. The quantitative estimate of drug-likeness (QED) is 0.652. The van der Waals surface area contributed by atoms with Gasteiger partial charge in [0.05, 0.1) is 0 Å². The molecule has 0 amide bonds. The van der Waals surface area contributed by atoms with Crippen molar-refractivity contribution < 1.29 is 4.39 Å². The van der Waals surface area contributed by atoms with Crippen LogP contribution in [0, 0.1) is 12.7 Å². The first-order valence-corrected chi connectivity index (χ1v) is 7.21. The largest absolute Gasteiger partial charge is 0.271 e. The Morgan fingerprint density at radius 2 is 1.62 bits per heavy atom. The van der Waals surface area contributed by atoms with Crippen molar-refractivity contribution in [2.24, 2.45) is 5.84 Å². The van der Waals surface area contributed by atoms with Gasteiger partial charge in [0.2, 0.25) is 0 Å². The minimum atomic E-state index is -0.217. The molecule has 0 heterocycles. The van der Waals surface area contributed by atoms with E-state index in [-0.39, 0.29) is 17.3 Å². The average Bonchev–Trinajstić information content (AvgIpc) is 2.47. The van der Waals surface area contributed by atoms with Crippen molar-refractivity contribution in [1.29, 1.82) is 0 Å². The molecule has 0 fully saturated rings. The lowest BCUT2D eigenvalue weighted by Gasteiger charge is -2.34. The van der Waals surface area contributed by atoms with Crippen LogP contribution in [0.2, 0.25) is 0 Å². The SMILES string of the molecule is Cc1ccc(CC(NN)C(C)(C)c2ccc(F)cc2)cc1. The summed E-state index contributed by atoms with van der Waals surface area (Å²) in [6, 6.07) is 15.2. The highest BCUT2D eigenvalue weighted by Gasteiger charge is 2.30. The van der Waals surface area contributed by atoms with E-state index in [2.05, 4.69) is 50.5 Å². The van der Waals surface area contributed by atoms with Crippen LogP contribution in [-0.2, 0) is 11.8 Å². The third kappa shape index (κ3) is 3.69. The van der Waals surface area contributed by atoms with Crippen LogP contribution in [0.5, 0.6) is 0 Å². The van der Waals surface area contributed by atoms with Gasteiger partial charge < -0.3 is 0 Å². The van der Waals surface area contributed by atoms with Gasteiger partial charge in [-0.2, -0.15) is 0 Å². The van der Waals surface area contributed by atoms with E-state index in [4.69, 9.17) is 5.84 Å². The van der Waals surface area contributed by atoms with Gasteiger partial charge >= 0.3 is 0 Å². The lowest BCUT2D eigenvalue weighted by atomic mass is 9.75. The minimum absolute atomic E-state index is 0.0608. The third-order valence-corrected chi connectivity index (χ3v) is 4.22. The highest BCUT2D eigenvalue weighted by Crippen LogP contribution is 2.29. The van der Waals surface area contributed by atoms with Crippen LogP contribution >= 0.6 is 0 Å². The second kappa shape index (κ2) is 6.37. The summed E-state index contributed by atoms with van der Waals surface area (Å²) < 4.78 is 13.1. The summed E-state index contributed by atoms with van der Waals surface area (Å²) in [5.74, 6) is 5.56. The van der Waals surface area contributed by atoms with E-state index < -0.39 is 0 Å². The monoisotopic (exact) mass is 286 g/mol. The van der Waals surface area contributed by atoms with E-state index in [0.717, 1.165) is 12.0 Å². The van der Waals surface area contributed by atoms with Gasteiger partial charge in [0.15, 0.2) is 0 Å². The van der Waals surface area contributed by atoms with Gasteiger partial charge in [-0.05, 0) is 36.6 Å². The molecule has 3 N–H and O–H groups in total. The van der Waals surface area contributed by atoms with Crippen molar-refractivity contribution in [2.45, 2.75) is 38.6 Å². The third-order valence-electron chi connectivity index (χ3n) is 4.22. The highest BCUT2D eigenvalue weighted by atomic mass is 19.1. The molecule has 2 aromatic carbocycles. The number of hydrazine groups is 1. The van der Waals surface area contributed by atoms with E-state index in [1.807, 2.05) is 12.1 Å². The summed E-state index contributed by atoms with van der Waals surface area (Å²) in [5, 5.41) is 0. The van der Waals surface area contributed by atoms with Gasteiger partial charge in [-0.3, -0.25) is 11.3 Å². The Kier molecular flexibility index (Phi) is 4.76. The summed E-state index contributed by atoms with van der Waals surface area (Å²) in [6.45, 7) is 6.32. The van der Waals surface area contributed by atoms with Crippen LogP contribution in [0.1, 0.15) is 30.5 Å². The smallest absolute Gasteiger partial charge is 0.123 e.